The first-order chi connectivity index (χ1) is 17.7. The molecule has 1 heterocycles. The van der Waals surface area contributed by atoms with E-state index >= 15 is 0 Å². The molecule has 0 fully saturated rings. The summed E-state index contributed by atoms with van der Waals surface area (Å²) in [6.07, 6.45) is 14.8. The van der Waals surface area contributed by atoms with Gasteiger partial charge >= 0.3 is 0 Å². The molecule has 1 aliphatic carbocycles. The smallest absolute Gasteiger partial charge is 0.113 e. The van der Waals surface area contributed by atoms with Gasteiger partial charge in [0, 0.05) is 16.5 Å². The van der Waals surface area contributed by atoms with Crippen LogP contribution < -0.4 is 0 Å². The van der Waals surface area contributed by atoms with Gasteiger partial charge in [0.1, 0.15) is 11.0 Å². The maximum Gasteiger partial charge on any atom is 0.113 e. The second kappa shape index (κ2) is 11.1. The molecule has 0 radical (unpaired) electrons. The predicted octanol–water partition coefficient (Wildman–Crippen LogP) is 10.2. The van der Waals surface area contributed by atoms with Gasteiger partial charge in [-0.2, -0.15) is 8.75 Å². The van der Waals surface area contributed by atoms with E-state index in [4.69, 9.17) is 4.37 Å². The number of aromatic nitrogens is 2. The minimum absolute atomic E-state index is 0.101. The van der Waals surface area contributed by atoms with Crippen molar-refractivity contribution in [1.29, 1.82) is 0 Å². The molecule has 0 bridgehead atoms. The van der Waals surface area contributed by atoms with E-state index in [-0.39, 0.29) is 5.41 Å². The summed E-state index contributed by atoms with van der Waals surface area (Å²) in [4.78, 5) is 0. The van der Waals surface area contributed by atoms with E-state index in [0.29, 0.717) is 0 Å². The summed E-state index contributed by atoms with van der Waals surface area (Å²) in [5.74, 6) is 0. The van der Waals surface area contributed by atoms with E-state index in [1.54, 1.807) is 5.56 Å². The molecule has 3 aromatic carbocycles. The van der Waals surface area contributed by atoms with Crippen LogP contribution in [0.2, 0.25) is 0 Å². The first-order valence-corrected chi connectivity index (χ1v) is 14.6. The predicted molar refractivity (Wildman–Crippen MR) is 157 cm³/mol. The van der Waals surface area contributed by atoms with Crippen molar-refractivity contribution in [1.82, 2.24) is 8.75 Å². The number of rotatable bonds is 12. The number of benzene rings is 3. The monoisotopic (exact) mass is 494 g/mol. The second-order valence-electron chi connectivity index (χ2n) is 10.4. The van der Waals surface area contributed by atoms with Crippen LogP contribution in [0.3, 0.4) is 0 Å². The van der Waals surface area contributed by atoms with Gasteiger partial charge in [-0.1, -0.05) is 126 Å². The summed E-state index contributed by atoms with van der Waals surface area (Å²) in [5, 5.41) is 0. The first kappa shape index (κ1) is 24.9. The number of hydrogen-bond donors (Lipinski definition) is 0. The van der Waals surface area contributed by atoms with E-state index in [0.717, 1.165) is 16.6 Å². The lowest BCUT2D eigenvalue weighted by Gasteiger charge is -2.33. The Kier molecular flexibility index (Phi) is 7.67. The van der Waals surface area contributed by atoms with E-state index in [1.807, 2.05) is 6.08 Å². The highest BCUT2D eigenvalue weighted by Crippen LogP contribution is 2.55. The lowest BCUT2D eigenvalue weighted by Crippen LogP contribution is -2.25. The van der Waals surface area contributed by atoms with Gasteiger partial charge in [-0.3, -0.25) is 0 Å². The molecular formula is C33H38N2S. The second-order valence-corrected chi connectivity index (χ2v) is 10.9. The van der Waals surface area contributed by atoms with E-state index < -0.39 is 0 Å². The molecule has 0 amide bonds. The Morgan fingerprint density at radius 3 is 2.11 bits per heavy atom. The largest absolute Gasteiger partial charge is 0.172 e. The molecule has 0 aliphatic heterocycles. The highest BCUT2D eigenvalue weighted by molar-refractivity contribution is 7.00. The van der Waals surface area contributed by atoms with Crippen molar-refractivity contribution in [3.05, 3.63) is 77.9 Å². The van der Waals surface area contributed by atoms with Crippen molar-refractivity contribution in [2.24, 2.45) is 0 Å². The minimum atomic E-state index is 0.101. The number of fused-ring (bicyclic) bond motifs is 4. The van der Waals surface area contributed by atoms with Crippen molar-refractivity contribution < 1.29 is 0 Å². The normalized spacial score (nSPS) is 13.6. The Labute approximate surface area is 220 Å². The zero-order valence-corrected chi connectivity index (χ0v) is 22.7. The van der Waals surface area contributed by atoms with Gasteiger partial charge in [-0.15, -0.1) is 0 Å². The quantitative estimate of drug-likeness (QED) is 0.183. The van der Waals surface area contributed by atoms with Crippen LogP contribution in [0.1, 0.15) is 94.7 Å². The summed E-state index contributed by atoms with van der Waals surface area (Å²) >= 11 is 1.29. The summed E-state index contributed by atoms with van der Waals surface area (Å²) in [5.41, 5.74) is 11.5. The van der Waals surface area contributed by atoms with E-state index in [9.17, 15) is 0 Å². The average molecular weight is 495 g/mol. The number of hydrogen-bond acceptors (Lipinski definition) is 3. The summed E-state index contributed by atoms with van der Waals surface area (Å²) in [6, 6.07) is 20.7. The Bertz CT molecular complexity index is 1340. The van der Waals surface area contributed by atoms with Crippen LogP contribution in [-0.2, 0) is 5.41 Å². The van der Waals surface area contributed by atoms with Crippen LogP contribution in [0.25, 0.3) is 39.4 Å². The van der Waals surface area contributed by atoms with Crippen LogP contribution >= 0.6 is 11.7 Å². The Balaban J connectivity index is 1.63. The molecule has 0 spiro atoms. The third kappa shape index (κ3) is 4.43. The van der Waals surface area contributed by atoms with Gasteiger partial charge in [0.15, 0.2) is 0 Å². The Morgan fingerprint density at radius 2 is 1.39 bits per heavy atom. The van der Waals surface area contributed by atoms with Gasteiger partial charge in [0.25, 0.3) is 0 Å². The minimum Gasteiger partial charge on any atom is -0.172 e. The van der Waals surface area contributed by atoms with Gasteiger partial charge in [-0.05, 0) is 46.7 Å². The standard InChI is InChI=1S/C33H38N2S/c1-4-7-9-13-21-33(22-14-10-8-5-2)29-16-12-11-15-27(29)28-20-18-25(23-30(28)33)26-19-17-24(6-3)31-32(26)35-36-34-31/h6,11-12,15-20,23H,3-5,7-10,13-14,21-22H2,1-2H3. The van der Waals surface area contributed by atoms with Crippen LogP contribution in [-0.4, -0.2) is 8.75 Å². The molecular weight excluding hydrogens is 456 g/mol. The molecule has 36 heavy (non-hydrogen) atoms. The van der Waals surface area contributed by atoms with Gasteiger partial charge in [-0.25, -0.2) is 0 Å². The lowest BCUT2D eigenvalue weighted by atomic mass is 9.70. The molecule has 186 valence electrons. The topological polar surface area (TPSA) is 25.8 Å². The Hall–Kier alpha value is -2.78. The average Bonchev–Trinajstić information content (AvgIpc) is 3.51. The van der Waals surface area contributed by atoms with Crippen molar-refractivity contribution in [2.45, 2.75) is 83.5 Å². The van der Waals surface area contributed by atoms with Crippen molar-refractivity contribution in [3.63, 3.8) is 0 Å². The van der Waals surface area contributed by atoms with Gasteiger partial charge in [0.2, 0.25) is 0 Å². The van der Waals surface area contributed by atoms with Gasteiger partial charge in [0.05, 0.1) is 11.7 Å². The molecule has 0 saturated heterocycles. The first-order valence-electron chi connectivity index (χ1n) is 13.9. The summed E-state index contributed by atoms with van der Waals surface area (Å²) in [6.45, 7) is 8.58. The fourth-order valence-electron chi connectivity index (χ4n) is 6.28. The SMILES string of the molecule is C=Cc1ccc(-c2ccc3c(c2)C(CCCCCC)(CCCCCC)c2ccccc2-3)c2nsnc12. The number of unbranched alkanes of at least 4 members (excludes halogenated alkanes) is 6. The van der Waals surface area contributed by atoms with Crippen molar-refractivity contribution >= 4 is 28.8 Å². The lowest BCUT2D eigenvalue weighted by molar-refractivity contribution is 0.401. The summed E-state index contributed by atoms with van der Waals surface area (Å²) < 4.78 is 9.28. The van der Waals surface area contributed by atoms with Crippen molar-refractivity contribution in [3.8, 4) is 22.3 Å². The Morgan fingerprint density at radius 1 is 0.722 bits per heavy atom. The maximum absolute atomic E-state index is 4.70. The maximum atomic E-state index is 4.70. The molecule has 3 heteroatoms. The molecule has 1 aliphatic rings. The molecule has 1 aromatic heterocycles. The van der Waals surface area contributed by atoms with Crippen LogP contribution in [0.5, 0.6) is 0 Å². The zero-order valence-electron chi connectivity index (χ0n) is 21.9. The fraction of sp³-hybridized carbons (Fsp3) is 0.394. The highest BCUT2D eigenvalue weighted by atomic mass is 32.1. The highest BCUT2D eigenvalue weighted by Gasteiger charge is 2.42. The molecule has 4 aromatic rings. The van der Waals surface area contributed by atoms with Gasteiger partial charge < -0.3 is 0 Å². The third-order valence-electron chi connectivity index (χ3n) is 8.16. The third-order valence-corrected chi connectivity index (χ3v) is 8.69. The molecule has 0 atom stereocenters. The number of nitrogens with zero attached hydrogens (tertiary/aromatic N) is 2. The van der Waals surface area contributed by atoms with E-state index in [2.05, 4.69) is 79.4 Å². The summed E-state index contributed by atoms with van der Waals surface area (Å²) in [7, 11) is 0. The molecule has 0 saturated carbocycles. The van der Waals surface area contributed by atoms with E-state index in [1.165, 1.54) is 104 Å². The fourth-order valence-corrected chi connectivity index (χ4v) is 6.86. The van der Waals surface area contributed by atoms with Crippen LogP contribution in [0, 0.1) is 0 Å². The van der Waals surface area contributed by atoms with Crippen LogP contribution in [0.4, 0.5) is 0 Å². The van der Waals surface area contributed by atoms with Crippen molar-refractivity contribution in [2.75, 3.05) is 0 Å². The zero-order chi connectivity index (χ0) is 25.0. The molecule has 0 unspecified atom stereocenters. The molecule has 0 N–H and O–H groups in total. The van der Waals surface area contributed by atoms with Crippen LogP contribution in [0.15, 0.2) is 61.2 Å². The molecule has 5 rings (SSSR count). The molecule has 2 nitrogen and oxygen atoms in total.